The van der Waals surface area contributed by atoms with Crippen molar-refractivity contribution < 1.29 is 19.1 Å². The van der Waals surface area contributed by atoms with Gasteiger partial charge in [0, 0.05) is 13.0 Å². The number of hydrogen-bond donors (Lipinski definition) is 1. The van der Waals surface area contributed by atoms with Crippen molar-refractivity contribution >= 4 is 72.9 Å². The van der Waals surface area contributed by atoms with E-state index in [9.17, 15) is 9.59 Å². The van der Waals surface area contributed by atoms with Crippen molar-refractivity contribution in [2.24, 2.45) is 0 Å². The Hall–Kier alpha value is -2.95. The summed E-state index contributed by atoms with van der Waals surface area (Å²) < 4.78 is 13.4. The summed E-state index contributed by atoms with van der Waals surface area (Å²) in [4.78, 5) is 32.1. The third kappa shape index (κ3) is 7.21. The van der Waals surface area contributed by atoms with Gasteiger partial charge in [0.1, 0.15) is 4.32 Å². The van der Waals surface area contributed by atoms with Gasteiger partial charge < -0.3 is 14.8 Å². The molecule has 5 rings (SSSR count). The highest BCUT2D eigenvalue weighted by Crippen LogP contribution is 2.36. The monoisotopic (exact) mass is 595 g/mol. The summed E-state index contributed by atoms with van der Waals surface area (Å²) in [6.45, 7) is 0.541. The normalized spacial score (nSPS) is 17.1. The lowest BCUT2D eigenvalue weighted by Gasteiger charge is -2.24. The highest BCUT2D eigenvalue weighted by atomic mass is 32.2. The van der Waals surface area contributed by atoms with Gasteiger partial charge in [0.2, 0.25) is 5.91 Å². The van der Waals surface area contributed by atoms with Crippen LogP contribution in [0.5, 0.6) is 11.5 Å². The van der Waals surface area contributed by atoms with Crippen LogP contribution >= 0.6 is 35.3 Å². The highest BCUT2D eigenvalue weighted by Gasteiger charge is 2.31. The van der Waals surface area contributed by atoms with Gasteiger partial charge in [0.15, 0.2) is 16.6 Å². The number of nitrogens with one attached hydrogen (secondary N) is 1. The Balaban J connectivity index is 1.08. The van der Waals surface area contributed by atoms with Gasteiger partial charge in [-0.05, 0) is 74.4 Å². The Morgan fingerprint density at radius 3 is 2.75 bits per heavy atom. The molecule has 1 N–H and O–H groups in total. The molecular weight excluding hydrogens is 563 g/mol. The van der Waals surface area contributed by atoms with Crippen molar-refractivity contribution in [2.45, 2.75) is 63.9 Å². The molecule has 0 bridgehead atoms. The third-order valence-electron chi connectivity index (χ3n) is 7.03. The van der Waals surface area contributed by atoms with Crippen molar-refractivity contribution in [1.29, 1.82) is 0 Å². The summed E-state index contributed by atoms with van der Waals surface area (Å²) in [6.07, 6.45) is 10.7. The van der Waals surface area contributed by atoms with Gasteiger partial charge in [-0.15, -0.1) is 0 Å². The van der Waals surface area contributed by atoms with Gasteiger partial charge in [0.25, 0.3) is 5.91 Å². The average molecular weight is 596 g/mol. The number of benzene rings is 2. The Labute approximate surface area is 248 Å². The van der Waals surface area contributed by atoms with Crippen molar-refractivity contribution in [2.75, 3.05) is 19.0 Å². The van der Waals surface area contributed by atoms with Crippen LogP contribution in [0.2, 0.25) is 0 Å². The zero-order chi connectivity index (χ0) is 27.9. The fraction of sp³-hybridized carbons (Fsp3) is 0.400. The number of methoxy groups -OCH3 is 1. The van der Waals surface area contributed by atoms with E-state index in [1.807, 2.05) is 48.5 Å². The van der Waals surface area contributed by atoms with Gasteiger partial charge in [-0.2, -0.15) is 0 Å². The standard InChI is InChI=1S/C30H33N3O4S3/c1-36-24-18-20(15-16-23(24)37-21-10-4-2-5-11-21)19-26-28(35)33(30(38)40-26)17-9-3-6-14-27(34)32-29-31-22-12-7-8-13-25(22)39-29/h7-8,12-13,15-16,18-19,21H,2-6,9-11,14,17H2,1H3,(H,31,32,34)/b26-19-. The molecule has 2 heterocycles. The number of para-hydroxylation sites is 1. The van der Waals surface area contributed by atoms with Crippen molar-refractivity contribution in [3.63, 3.8) is 0 Å². The molecule has 2 fully saturated rings. The number of hydrogen-bond acceptors (Lipinski definition) is 8. The van der Waals surface area contributed by atoms with Gasteiger partial charge >= 0.3 is 0 Å². The maximum atomic E-state index is 13.1. The number of thioether (sulfide) groups is 1. The van der Waals surface area contributed by atoms with Crippen LogP contribution < -0.4 is 14.8 Å². The van der Waals surface area contributed by atoms with E-state index >= 15 is 0 Å². The summed E-state index contributed by atoms with van der Waals surface area (Å²) >= 11 is 8.30. The van der Waals surface area contributed by atoms with E-state index in [2.05, 4.69) is 10.3 Å². The molecule has 7 nitrogen and oxygen atoms in total. The van der Waals surface area contributed by atoms with E-state index in [1.54, 1.807) is 12.0 Å². The van der Waals surface area contributed by atoms with E-state index in [0.29, 0.717) is 33.1 Å². The summed E-state index contributed by atoms with van der Waals surface area (Å²) in [5.41, 5.74) is 1.76. The number of thiocarbonyl (C=S) groups is 1. The van der Waals surface area contributed by atoms with Crippen LogP contribution in [0.4, 0.5) is 5.13 Å². The number of amides is 2. The second-order valence-corrected chi connectivity index (χ2v) is 12.7. The number of fused-ring (bicyclic) bond motifs is 1. The van der Waals surface area contributed by atoms with Gasteiger partial charge in [-0.3, -0.25) is 14.5 Å². The minimum Gasteiger partial charge on any atom is -0.493 e. The van der Waals surface area contributed by atoms with Crippen LogP contribution in [0.25, 0.3) is 16.3 Å². The molecule has 1 aliphatic heterocycles. The van der Waals surface area contributed by atoms with Crippen LogP contribution in [0.1, 0.15) is 63.4 Å². The number of carbonyl (C=O) groups excluding carboxylic acids is 2. The van der Waals surface area contributed by atoms with Gasteiger partial charge in [-0.1, -0.05) is 66.4 Å². The van der Waals surface area contributed by atoms with E-state index in [-0.39, 0.29) is 17.9 Å². The molecule has 210 valence electrons. The lowest BCUT2D eigenvalue weighted by molar-refractivity contribution is -0.122. The molecule has 10 heteroatoms. The van der Waals surface area contributed by atoms with Crippen LogP contribution in [-0.4, -0.2) is 45.8 Å². The van der Waals surface area contributed by atoms with E-state index in [4.69, 9.17) is 21.7 Å². The Morgan fingerprint density at radius 2 is 1.95 bits per heavy atom. The van der Waals surface area contributed by atoms with Crippen molar-refractivity contribution in [3.8, 4) is 11.5 Å². The number of thiazole rings is 1. The Morgan fingerprint density at radius 1 is 1.12 bits per heavy atom. The number of nitrogens with zero attached hydrogens (tertiary/aromatic N) is 2. The molecule has 1 aromatic heterocycles. The first-order valence-electron chi connectivity index (χ1n) is 13.8. The Kier molecular flexibility index (Phi) is 9.72. The molecule has 2 aliphatic rings. The summed E-state index contributed by atoms with van der Waals surface area (Å²) in [5, 5.41) is 3.52. The number of aromatic nitrogens is 1. The SMILES string of the molecule is COc1cc(/C=C2\SC(=S)N(CCCCCC(=O)Nc3nc4ccccc4s3)C2=O)ccc1OC1CCCCC1. The topological polar surface area (TPSA) is 80.8 Å². The molecule has 0 radical (unpaired) electrons. The predicted molar refractivity (Wildman–Crippen MR) is 167 cm³/mol. The van der Waals surface area contributed by atoms with Gasteiger partial charge in [-0.25, -0.2) is 4.98 Å². The number of ether oxygens (including phenoxy) is 2. The number of rotatable bonds is 11. The van der Waals surface area contributed by atoms with E-state index in [1.165, 1.54) is 42.4 Å². The first kappa shape index (κ1) is 28.6. The average Bonchev–Trinajstić information content (AvgIpc) is 3.48. The molecule has 0 spiro atoms. The quantitative estimate of drug-likeness (QED) is 0.140. The molecule has 0 atom stereocenters. The second-order valence-electron chi connectivity index (χ2n) is 9.97. The Bertz CT molecular complexity index is 1380. The van der Waals surface area contributed by atoms with Crippen LogP contribution in [0.3, 0.4) is 0 Å². The minimum atomic E-state index is -0.0786. The van der Waals surface area contributed by atoms with Crippen LogP contribution in [-0.2, 0) is 9.59 Å². The maximum absolute atomic E-state index is 13.1. The van der Waals surface area contributed by atoms with E-state index in [0.717, 1.165) is 53.6 Å². The molecule has 3 aromatic rings. The molecule has 1 saturated carbocycles. The molecule has 2 amide bonds. The van der Waals surface area contributed by atoms with Crippen molar-refractivity contribution in [3.05, 3.63) is 52.9 Å². The lowest BCUT2D eigenvalue weighted by Crippen LogP contribution is -2.29. The first-order valence-corrected chi connectivity index (χ1v) is 15.8. The fourth-order valence-electron chi connectivity index (χ4n) is 4.92. The minimum absolute atomic E-state index is 0.0433. The van der Waals surface area contributed by atoms with Gasteiger partial charge in [0.05, 0.1) is 28.3 Å². The molecule has 1 aliphatic carbocycles. The molecule has 2 aromatic carbocycles. The fourth-order valence-corrected chi connectivity index (χ4v) is 7.11. The largest absolute Gasteiger partial charge is 0.493 e. The lowest BCUT2D eigenvalue weighted by atomic mass is 9.98. The summed E-state index contributed by atoms with van der Waals surface area (Å²) in [7, 11) is 1.64. The van der Waals surface area contributed by atoms with Crippen LogP contribution in [0, 0.1) is 0 Å². The summed E-state index contributed by atoms with van der Waals surface area (Å²) in [5.74, 6) is 1.29. The van der Waals surface area contributed by atoms with Crippen LogP contribution in [0.15, 0.2) is 47.4 Å². The predicted octanol–water partition coefficient (Wildman–Crippen LogP) is 7.42. The number of unbranched alkanes of at least 4 members (excludes halogenated alkanes) is 2. The zero-order valence-corrected chi connectivity index (χ0v) is 25.0. The zero-order valence-electron chi connectivity index (χ0n) is 22.5. The number of carbonyl (C=O) groups is 2. The molecule has 1 saturated heterocycles. The number of anilines is 1. The maximum Gasteiger partial charge on any atom is 0.266 e. The molecule has 0 unspecified atom stereocenters. The highest BCUT2D eigenvalue weighted by molar-refractivity contribution is 8.26. The second kappa shape index (κ2) is 13.6. The first-order chi connectivity index (χ1) is 19.5. The summed E-state index contributed by atoms with van der Waals surface area (Å²) in [6, 6.07) is 13.6. The van der Waals surface area contributed by atoms with Crippen molar-refractivity contribution in [1.82, 2.24) is 9.88 Å². The molecular formula is C30H33N3O4S3. The molecule has 40 heavy (non-hydrogen) atoms. The van der Waals surface area contributed by atoms with E-state index < -0.39 is 0 Å². The third-order valence-corrected chi connectivity index (χ3v) is 9.36. The smallest absolute Gasteiger partial charge is 0.266 e.